The molecule has 11 nitrogen and oxygen atoms in total. The Balaban J connectivity index is 2.30. The molecule has 0 bridgehead atoms. The molecule has 1 aliphatic heterocycles. The molecule has 2 atom stereocenters. The van der Waals surface area contributed by atoms with Gasteiger partial charge in [0.1, 0.15) is 11.9 Å². The Labute approximate surface area is 146 Å². The number of nitro benzene ring substituents is 1. The SMILES string of the molecule is CN(c1ccc(S(N)(=O)=O)cc1[N+](=O)[O-])C1CN(CS(=O)[O-])CCO1. The number of morpholine rings is 1. The van der Waals surface area contributed by atoms with Crippen LogP contribution in [0.15, 0.2) is 23.1 Å². The van der Waals surface area contributed by atoms with E-state index in [9.17, 15) is 27.3 Å². The predicted molar refractivity (Wildman–Crippen MR) is 88.0 cm³/mol. The van der Waals surface area contributed by atoms with Crippen molar-refractivity contribution in [3.05, 3.63) is 28.3 Å². The first-order valence-electron chi connectivity index (χ1n) is 7.03. The Bertz CT molecular complexity index is 786. The van der Waals surface area contributed by atoms with Gasteiger partial charge in [-0.2, -0.15) is 0 Å². The monoisotopic (exact) mass is 393 g/mol. The number of nitrogens with two attached hydrogens (primary N) is 1. The molecule has 1 aromatic carbocycles. The number of ether oxygens (including phenoxy) is 1. The first kappa shape index (κ1) is 19.7. The first-order valence-corrected chi connectivity index (χ1v) is 9.82. The van der Waals surface area contributed by atoms with E-state index < -0.39 is 37.9 Å². The van der Waals surface area contributed by atoms with Gasteiger partial charge < -0.3 is 14.2 Å². The molecule has 0 aliphatic carbocycles. The van der Waals surface area contributed by atoms with Gasteiger partial charge in [0.05, 0.1) is 22.3 Å². The Morgan fingerprint density at radius 3 is 2.76 bits per heavy atom. The quantitative estimate of drug-likeness (QED) is 0.370. The van der Waals surface area contributed by atoms with Gasteiger partial charge >= 0.3 is 0 Å². The van der Waals surface area contributed by atoms with Crippen molar-refractivity contribution in [1.29, 1.82) is 0 Å². The van der Waals surface area contributed by atoms with Crippen LogP contribution in [-0.4, -0.2) is 65.9 Å². The molecule has 2 N–H and O–H groups in total. The third kappa shape index (κ3) is 4.93. The fourth-order valence-electron chi connectivity index (χ4n) is 2.46. The zero-order chi connectivity index (χ0) is 18.8. The molecular weight excluding hydrogens is 376 g/mol. The van der Waals surface area contributed by atoms with Gasteiger partial charge in [0, 0.05) is 26.2 Å². The third-order valence-corrected chi connectivity index (χ3v) is 5.19. The van der Waals surface area contributed by atoms with Crippen molar-refractivity contribution < 1.29 is 26.8 Å². The van der Waals surface area contributed by atoms with Crippen molar-refractivity contribution in [2.24, 2.45) is 5.14 Å². The molecule has 0 amide bonds. The average molecular weight is 393 g/mol. The average Bonchev–Trinajstić information content (AvgIpc) is 2.52. The topological polar surface area (TPSA) is 159 Å². The molecular formula is C12H17N4O7S2-. The van der Waals surface area contributed by atoms with Gasteiger partial charge in [-0.05, 0) is 23.2 Å². The van der Waals surface area contributed by atoms with Gasteiger partial charge in [-0.3, -0.25) is 19.2 Å². The molecule has 1 saturated heterocycles. The molecule has 140 valence electrons. The molecule has 0 aromatic heterocycles. The van der Waals surface area contributed by atoms with Crippen molar-refractivity contribution in [2.45, 2.75) is 11.1 Å². The summed E-state index contributed by atoms with van der Waals surface area (Å²) in [6.45, 7) is 0.901. The molecule has 1 fully saturated rings. The summed E-state index contributed by atoms with van der Waals surface area (Å²) < 4.78 is 50.0. The van der Waals surface area contributed by atoms with Gasteiger partial charge in [-0.25, -0.2) is 13.6 Å². The van der Waals surface area contributed by atoms with E-state index in [0.717, 1.165) is 6.07 Å². The number of nitrogens with zero attached hydrogens (tertiary/aromatic N) is 3. The number of sulfonamides is 1. The molecule has 25 heavy (non-hydrogen) atoms. The van der Waals surface area contributed by atoms with E-state index in [1.54, 1.807) is 11.9 Å². The van der Waals surface area contributed by atoms with Crippen LogP contribution in [0.3, 0.4) is 0 Å². The summed E-state index contributed by atoms with van der Waals surface area (Å²) in [6, 6.07) is 3.32. The number of rotatable bonds is 6. The lowest BCUT2D eigenvalue weighted by molar-refractivity contribution is -0.384. The van der Waals surface area contributed by atoms with Crippen LogP contribution < -0.4 is 10.0 Å². The Hall–Kier alpha value is -1.64. The molecule has 0 saturated carbocycles. The van der Waals surface area contributed by atoms with E-state index in [1.807, 2.05) is 0 Å². The summed E-state index contributed by atoms with van der Waals surface area (Å²) in [6.07, 6.45) is -0.628. The van der Waals surface area contributed by atoms with Gasteiger partial charge in [-0.15, -0.1) is 0 Å². The second-order valence-corrected chi connectivity index (χ2v) is 7.83. The zero-order valence-corrected chi connectivity index (χ0v) is 14.9. The minimum Gasteiger partial charge on any atom is -0.771 e. The summed E-state index contributed by atoms with van der Waals surface area (Å²) in [7, 11) is -2.54. The lowest BCUT2D eigenvalue weighted by atomic mass is 10.2. The van der Waals surface area contributed by atoms with Crippen LogP contribution in [-0.2, 0) is 25.8 Å². The maximum absolute atomic E-state index is 11.4. The summed E-state index contributed by atoms with van der Waals surface area (Å²) in [5.74, 6) is -0.167. The fraction of sp³-hybridized carbons (Fsp3) is 0.500. The highest BCUT2D eigenvalue weighted by molar-refractivity contribution is 7.89. The maximum atomic E-state index is 11.4. The number of benzene rings is 1. The number of likely N-dealkylation sites (N-methyl/N-ethyl adjacent to an activating group) is 1. The van der Waals surface area contributed by atoms with E-state index in [0.29, 0.717) is 6.54 Å². The van der Waals surface area contributed by atoms with Gasteiger partial charge in [0.2, 0.25) is 10.0 Å². The highest BCUT2D eigenvalue weighted by atomic mass is 32.2. The number of hydrogen-bond donors (Lipinski definition) is 1. The van der Waals surface area contributed by atoms with Crippen LogP contribution in [0.1, 0.15) is 0 Å². The van der Waals surface area contributed by atoms with Crippen molar-refractivity contribution in [3.63, 3.8) is 0 Å². The molecule has 2 rings (SSSR count). The second-order valence-electron chi connectivity index (χ2n) is 5.40. The molecule has 1 aromatic rings. The summed E-state index contributed by atoms with van der Waals surface area (Å²) in [5.41, 5.74) is -0.311. The lowest BCUT2D eigenvalue weighted by Gasteiger charge is -2.38. The van der Waals surface area contributed by atoms with Crippen LogP contribution in [0.4, 0.5) is 11.4 Å². The van der Waals surface area contributed by atoms with E-state index in [-0.39, 0.29) is 29.6 Å². The Kier molecular flexibility index (Phi) is 6.08. The molecule has 1 heterocycles. The number of hydrogen-bond acceptors (Lipinski definition) is 9. The predicted octanol–water partition coefficient (Wildman–Crippen LogP) is -0.827. The molecule has 0 spiro atoms. The Morgan fingerprint density at radius 2 is 2.20 bits per heavy atom. The van der Waals surface area contributed by atoms with Crippen molar-refractivity contribution >= 4 is 32.5 Å². The minimum atomic E-state index is -4.08. The van der Waals surface area contributed by atoms with E-state index in [4.69, 9.17) is 9.88 Å². The largest absolute Gasteiger partial charge is 0.771 e. The van der Waals surface area contributed by atoms with Gasteiger partial charge in [-0.1, -0.05) is 0 Å². The number of primary sulfonamides is 1. The standard InChI is InChI=1S/C12H18N4O7S2/c1-14(12-7-15(4-5-23-12)8-24(19)20)10-3-2-9(25(13,21)22)6-11(10)16(17)18/h2-3,6,12H,4-5,7-8H2,1H3,(H,19,20)(H2,13,21,22)/p-1. The second kappa shape index (κ2) is 7.72. The lowest BCUT2D eigenvalue weighted by Crippen LogP contribution is -2.50. The third-order valence-electron chi connectivity index (χ3n) is 3.70. The number of nitro groups is 1. The highest BCUT2D eigenvalue weighted by Crippen LogP contribution is 2.31. The zero-order valence-electron chi connectivity index (χ0n) is 13.2. The van der Waals surface area contributed by atoms with E-state index >= 15 is 0 Å². The van der Waals surface area contributed by atoms with Crippen molar-refractivity contribution in [3.8, 4) is 0 Å². The highest BCUT2D eigenvalue weighted by Gasteiger charge is 2.29. The minimum absolute atomic E-state index is 0.132. The molecule has 13 heteroatoms. The molecule has 1 aliphatic rings. The number of anilines is 1. The summed E-state index contributed by atoms with van der Waals surface area (Å²) >= 11 is -2.25. The Morgan fingerprint density at radius 1 is 1.52 bits per heavy atom. The normalized spacial score (nSPS) is 20.2. The smallest absolute Gasteiger partial charge is 0.293 e. The molecule has 0 radical (unpaired) electrons. The van der Waals surface area contributed by atoms with Crippen LogP contribution in [0.25, 0.3) is 0 Å². The van der Waals surface area contributed by atoms with Gasteiger partial charge in [0.15, 0.2) is 0 Å². The van der Waals surface area contributed by atoms with Crippen LogP contribution in [0, 0.1) is 10.1 Å². The summed E-state index contributed by atoms with van der Waals surface area (Å²) in [5, 5.41) is 16.3. The molecule has 2 unspecified atom stereocenters. The fourth-order valence-corrected chi connectivity index (χ4v) is 3.53. The first-order chi connectivity index (χ1) is 11.6. The van der Waals surface area contributed by atoms with Crippen molar-refractivity contribution in [2.75, 3.05) is 37.5 Å². The summed E-state index contributed by atoms with van der Waals surface area (Å²) in [4.78, 5) is 13.3. The van der Waals surface area contributed by atoms with E-state index in [1.165, 1.54) is 17.0 Å². The maximum Gasteiger partial charge on any atom is 0.293 e. The van der Waals surface area contributed by atoms with Crippen LogP contribution >= 0.6 is 0 Å². The van der Waals surface area contributed by atoms with Crippen LogP contribution in [0.5, 0.6) is 0 Å². The van der Waals surface area contributed by atoms with Crippen molar-refractivity contribution in [1.82, 2.24) is 4.90 Å². The van der Waals surface area contributed by atoms with Crippen LogP contribution in [0.2, 0.25) is 0 Å². The van der Waals surface area contributed by atoms with E-state index in [2.05, 4.69) is 0 Å². The van der Waals surface area contributed by atoms with Gasteiger partial charge in [0.25, 0.3) is 5.69 Å².